The van der Waals surface area contributed by atoms with Gasteiger partial charge in [-0.3, -0.25) is 14.6 Å². The van der Waals surface area contributed by atoms with E-state index < -0.39 is 5.54 Å². The van der Waals surface area contributed by atoms with E-state index in [4.69, 9.17) is 0 Å². The molecule has 2 amide bonds. The van der Waals surface area contributed by atoms with Crippen molar-refractivity contribution >= 4 is 11.8 Å². The molecule has 2 aliphatic heterocycles. The molecule has 2 aromatic rings. The summed E-state index contributed by atoms with van der Waals surface area (Å²) in [6, 6.07) is 5.37. The molecule has 7 heteroatoms. The third kappa shape index (κ3) is 2.58. The molecule has 1 spiro atoms. The Morgan fingerprint density at radius 1 is 1.19 bits per heavy atom. The number of piperidine rings is 1. The molecule has 0 radical (unpaired) electrons. The number of rotatable bonds is 2. The van der Waals surface area contributed by atoms with E-state index in [9.17, 15) is 9.59 Å². The summed E-state index contributed by atoms with van der Waals surface area (Å²) in [6.45, 7) is 3.79. The molecule has 1 saturated heterocycles. The van der Waals surface area contributed by atoms with Crippen LogP contribution in [0.1, 0.15) is 48.1 Å². The predicted molar refractivity (Wildman–Crippen MR) is 95.3 cm³/mol. The molecular formula is C19H23N5O2. The molecule has 2 aromatic heterocycles. The number of carbonyl (C=O) groups excluding carboxylic acids is 2. The third-order valence-electron chi connectivity index (χ3n) is 5.63. The van der Waals surface area contributed by atoms with Crippen LogP contribution in [-0.2, 0) is 16.8 Å². The summed E-state index contributed by atoms with van der Waals surface area (Å²) < 4.78 is 0. The molecule has 0 saturated carbocycles. The highest BCUT2D eigenvalue weighted by Crippen LogP contribution is 2.42. The highest BCUT2D eigenvalue weighted by molar-refractivity contribution is 5.92. The second-order valence-electron chi connectivity index (χ2n) is 6.92. The normalized spacial score (nSPS) is 18.7. The van der Waals surface area contributed by atoms with Gasteiger partial charge in [-0.05, 0) is 25.0 Å². The fraction of sp³-hybridized carbons (Fsp3) is 0.474. The van der Waals surface area contributed by atoms with Crippen molar-refractivity contribution in [3.63, 3.8) is 0 Å². The summed E-state index contributed by atoms with van der Waals surface area (Å²) in [4.78, 5) is 41.1. The Morgan fingerprint density at radius 2 is 2.00 bits per heavy atom. The van der Waals surface area contributed by atoms with E-state index in [1.807, 2.05) is 22.8 Å². The van der Waals surface area contributed by atoms with Gasteiger partial charge in [0.1, 0.15) is 5.69 Å². The molecule has 4 heterocycles. The maximum atomic E-state index is 12.7. The highest BCUT2D eigenvalue weighted by atomic mass is 16.2. The monoisotopic (exact) mass is 353 g/mol. The lowest BCUT2D eigenvalue weighted by atomic mass is 9.78. The summed E-state index contributed by atoms with van der Waals surface area (Å²) in [5, 5.41) is 0. The van der Waals surface area contributed by atoms with Gasteiger partial charge >= 0.3 is 0 Å². The molecule has 0 aromatic carbocycles. The van der Waals surface area contributed by atoms with E-state index >= 15 is 0 Å². The van der Waals surface area contributed by atoms with Crippen LogP contribution in [0.15, 0.2) is 30.7 Å². The van der Waals surface area contributed by atoms with E-state index in [0.29, 0.717) is 44.6 Å². The smallest absolute Gasteiger partial charge is 0.272 e. The van der Waals surface area contributed by atoms with Crippen LogP contribution < -0.4 is 0 Å². The van der Waals surface area contributed by atoms with Crippen molar-refractivity contribution in [2.45, 2.75) is 38.1 Å². The average Bonchev–Trinajstić information content (AvgIpc) is 3.18. The number of pyridine rings is 1. The number of fused-ring (bicyclic) bond motifs is 2. The van der Waals surface area contributed by atoms with Crippen LogP contribution in [0.3, 0.4) is 0 Å². The number of aromatic amines is 1. The van der Waals surface area contributed by atoms with Crippen LogP contribution in [0.4, 0.5) is 0 Å². The molecule has 0 atom stereocenters. The molecule has 26 heavy (non-hydrogen) atoms. The SMILES string of the molecule is CCC(=O)N1CCc2[nH]cnc2C12CCN(C(=O)c1ccccn1)CC2. The van der Waals surface area contributed by atoms with Crippen LogP contribution in [0.25, 0.3) is 0 Å². The first-order valence-corrected chi connectivity index (χ1v) is 9.19. The van der Waals surface area contributed by atoms with Gasteiger partial charge in [-0.1, -0.05) is 13.0 Å². The Bertz CT molecular complexity index is 808. The fourth-order valence-corrected chi connectivity index (χ4v) is 4.27. The molecule has 0 unspecified atom stereocenters. The van der Waals surface area contributed by atoms with Crippen LogP contribution >= 0.6 is 0 Å². The molecule has 136 valence electrons. The van der Waals surface area contributed by atoms with Gasteiger partial charge < -0.3 is 14.8 Å². The number of imidazole rings is 1. The van der Waals surface area contributed by atoms with Crippen molar-refractivity contribution in [1.29, 1.82) is 0 Å². The zero-order chi connectivity index (χ0) is 18.1. The lowest BCUT2D eigenvalue weighted by Crippen LogP contribution is -2.58. The Labute approximate surface area is 152 Å². The Kier molecular flexibility index (Phi) is 4.22. The van der Waals surface area contributed by atoms with E-state index in [1.54, 1.807) is 24.7 Å². The molecule has 1 N–H and O–H groups in total. The van der Waals surface area contributed by atoms with Crippen molar-refractivity contribution in [2.24, 2.45) is 0 Å². The van der Waals surface area contributed by atoms with Gasteiger partial charge in [0.05, 0.1) is 17.6 Å². The third-order valence-corrected chi connectivity index (χ3v) is 5.63. The van der Waals surface area contributed by atoms with Gasteiger partial charge in [0.15, 0.2) is 0 Å². The first kappa shape index (κ1) is 16.8. The van der Waals surface area contributed by atoms with E-state index in [1.165, 1.54) is 0 Å². The van der Waals surface area contributed by atoms with Gasteiger partial charge in [-0.25, -0.2) is 4.98 Å². The van der Waals surface area contributed by atoms with Crippen molar-refractivity contribution in [1.82, 2.24) is 24.8 Å². The minimum Gasteiger partial charge on any atom is -0.348 e. The van der Waals surface area contributed by atoms with Crippen LogP contribution in [0.5, 0.6) is 0 Å². The number of aromatic nitrogens is 3. The zero-order valence-corrected chi connectivity index (χ0v) is 14.9. The van der Waals surface area contributed by atoms with Crippen LogP contribution in [0.2, 0.25) is 0 Å². The second kappa shape index (κ2) is 6.55. The van der Waals surface area contributed by atoms with Crippen molar-refractivity contribution in [2.75, 3.05) is 19.6 Å². The van der Waals surface area contributed by atoms with Gasteiger partial charge in [0, 0.05) is 44.4 Å². The van der Waals surface area contributed by atoms with Crippen molar-refractivity contribution < 1.29 is 9.59 Å². The van der Waals surface area contributed by atoms with E-state index in [0.717, 1.165) is 17.8 Å². The molecule has 2 aliphatic rings. The van der Waals surface area contributed by atoms with Crippen LogP contribution in [0, 0.1) is 0 Å². The molecular weight excluding hydrogens is 330 g/mol. The van der Waals surface area contributed by atoms with E-state index in [-0.39, 0.29) is 11.8 Å². The number of hydrogen-bond acceptors (Lipinski definition) is 4. The molecule has 4 rings (SSSR count). The number of H-pyrrole nitrogens is 1. The molecule has 7 nitrogen and oxygen atoms in total. The second-order valence-corrected chi connectivity index (χ2v) is 6.92. The van der Waals surface area contributed by atoms with Crippen molar-refractivity contribution in [3.8, 4) is 0 Å². The Hall–Kier alpha value is -2.70. The highest BCUT2D eigenvalue weighted by Gasteiger charge is 2.48. The first-order valence-electron chi connectivity index (χ1n) is 9.19. The van der Waals surface area contributed by atoms with Gasteiger partial charge in [-0.15, -0.1) is 0 Å². The number of nitrogens with zero attached hydrogens (tertiary/aromatic N) is 4. The lowest BCUT2D eigenvalue weighted by molar-refractivity contribution is -0.141. The molecule has 0 aliphatic carbocycles. The van der Waals surface area contributed by atoms with E-state index in [2.05, 4.69) is 15.0 Å². The summed E-state index contributed by atoms with van der Waals surface area (Å²) in [6.07, 6.45) is 6.05. The standard InChI is InChI=1S/C19H23N5O2/c1-2-16(25)24-10-6-14-17(22-13-21-14)19(24)7-11-23(12-8-19)18(26)15-5-3-4-9-20-15/h3-5,9,13H,2,6-8,10-12H2,1H3,(H,21,22). The average molecular weight is 353 g/mol. The maximum Gasteiger partial charge on any atom is 0.272 e. The minimum absolute atomic E-state index is 0.0492. The lowest BCUT2D eigenvalue weighted by Gasteiger charge is -2.50. The number of likely N-dealkylation sites (tertiary alicyclic amines) is 1. The number of carbonyl (C=O) groups is 2. The quantitative estimate of drug-likeness (QED) is 0.891. The zero-order valence-electron chi connectivity index (χ0n) is 14.9. The molecule has 1 fully saturated rings. The largest absolute Gasteiger partial charge is 0.348 e. The predicted octanol–water partition coefficient (Wildman–Crippen LogP) is 1.73. The summed E-state index contributed by atoms with van der Waals surface area (Å²) in [7, 11) is 0. The van der Waals surface area contributed by atoms with Crippen molar-refractivity contribution in [3.05, 3.63) is 47.8 Å². The topological polar surface area (TPSA) is 82.2 Å². The summed E-state index contributed by atoms with van der Waals surface area (Å²) in [5.41, 5.74) is 2.17. The van der Waals surface area contributed by atoms with Gasteiger partial charge in [0.25, 0.3) is 5.91 Å². The van der Waals surface area contributed by atoms with Gasteiger partial charge in [0.2, 0.25) is 5.91 Å². The summed E-state index contributed by atoms with van der Waals surface area (Å²) in [5.74, 6) is 0.107. The first-order chi connectivity index (χ1) is 12.7. The molecule has 0 bridgehead atoms. The fourth-order valence-electron chi connectivity index (χ4n) is 4.27. The summed E-state index contributed by atoms with van der Waals surface area (Å²) >= 11 is 0. The Morgan fingerprint density at radius 3 is 2.69 bits per heavy atom. The number of amides is 2. The van der Waals surface area contributed by atoms with Crippen LogP contribution in [-0.4, -0.2) is 56.2 Å². The van der Waals surface area contributed by atoms with Gasteiger partial charge in [-0.2, -0.15) is 0 Å². The Balaban J connectivity index is 1.59. The minimum atomic E-state index is -0.401. The number of nitrogens with one attached hydrogen (secondary N) is 1. The number of hydrogen-bond donors (Lipinski definition) is 1. The maximum absolute atomic E-state index is 12.7.